The quantitative estimate of drug-likeness (QED) is 0.157. The van der Waals surface area contributed by atoms with Crippen molar-refractivity contribution in [3.8, 4) is 11.5 Å². The van der Waals surface area contributed by atoms with Gasteiger partial charge >= 0.3 is 24.7 Å². The molecule has 3 atom stereocenters. The number of carbonyl (C=O) groups excluding carboxylic acids is 2. The minimum atomic E-state index is -5.15. The summed E-state index contributed by atoms with van der Waals surface area (Å²) in [5.41, 5.74) is -1.63. The highest BCUT2D eigenvalue weighted by molar-refractivity contribution is 5.96. The molecule has 1 aliphatic rings. The lowest BCUT2D eigenvalue weighted by atomic mass is 9.99. The summed E-state index contributed by atoms with van der Waals surface area (Å²) < 4.78 is 101. The van der Waals surface area contributed by atoms with E-state index in [1.807, 2.05) is 0 Å². The van der Waals surface area contributed by atoms with Gasteiger partial charge in [-0.25, -0.2) is 9.59 Å². The maximum Gasteiger partial charge on any atom is 0.573 e. The van der Waals surface area contributed by atoms with Crippen molar-refractivity contribution in [2.24, 2.45) is 0 Å². The number of carbonyl (C=O) groups is 2. The van der Waals surface area contributed by atoms with Crippen molar-refractivity contribution >= 4 is 18.2 Å². The summed E-state index contributed by atoms with van der Waals surface area (Å²) >= 11 is 0. The summed E-state index contributed by atoms with van der Waals surface area (Å²) in [5.74, 6) is -2.89. The van der Waals surface area contributed by atoms with E-state index in [1.54, 1.807) is 0 Å². The number of nitrogens with zero attached hydrogens (tertiary/aromatic N) is 1. The van der Waals surface area contributed by atoms with Crippen LogP contribution >= 0.6 is 0 Å². The number of benzene rings is 1. The first-order valence-corrected chi connectivity index (χ1v) is 9.67. The molecule has 0 N–H and O–H groups in total. The molecule has 1 aliphatic heterocycles. The molecule has 0 aliphatic carbocycles. The highest BCUT2D eigenvalue weighted by Crippen LogP contribution is 2.41. The number of alkyl halides is 6. The zero-order valence-electron chi connectivity index (χ0n) is 18.5. The summed E-state index contributed by atoms with van der Waals surface area (Å²) in [6.07, 6.45) is -17.0. The summed E-state index contributed by atoms with van der Waals surface area (Å²) in [6.45, 7) is 2.65. The van der Waals surface area contributed by atoms with Crippen molar-refractivity contribution in [3.05, 3.63) is 38.9 Å². The Bertz CT molecular complexity index is 1040. The Morgan fingerprint density at radius 3 is 2.33 bits per heavy atom. The SMILES string of the molecule is Cc1cc(OC(F)(F)F)cc2c1OC(C(F)(F)F)C(C(=O)OC(C)OC(=O)OC[C@H](C)O[N+](=O)[O-])=C2. The molecule has 0 amide bonds. The van der Waals surface area contributed by atoms with E-state index in [9.17, 15) is 46.0 Å². The van der Waals surface area contributed by atoms with Gasteiger partial charge in [-0.15, -0.1) is 23.3 Å². The van der Waals surface area contributed by atoms with E-state index in [0.29, 0.717) is 12.1 Å². The second-order valence-corrected chi connectivity index (χ2v) is 7.14. The first-order valence-electron chi connectivity index (χ1n) is 9.67. The molecule has 36 heavy (non-hydrogen) atoms. The fraction of sp³-hybridized carbons (Fsp3) is 0.474. The monoisotopic (exact) mass is 533 g/mol. The van der Waals surface area contributed by atoms with Gasteiger partial charge in [0.2, 0.25) is 12.4 Å². The third-order valence-corrected chi connectivity index (χ3v) is 4.11. The lowest BCUT2D eigenvalue weighted by Crippen LogP contribution is -2.41. The summed E-state index contributed by atoms with van der Waals surface area (Å²) in [4.78, 5) is 38.3. The van der Waals surface area contributed by atoms with Crippen LogP contribution in [0.3, 0.4) is 0 Å². The Kier molecular flexibility index (Phi) is 8.48. The summed E-state index contributed by atoms with van der Waals surface area (Å²) in [6, 6.07) is 1.51. The van der Waals surface area contributed by atoms with Crippen LogP contribution in [-0.2, 0) is 23.8 Å². The van der Waals surface area contributed by atoms with Gasteiger partial charge in [-0.2, -0.15) is 13.2 Å². The van der Waals surface area contributed by atoms with Crippen molar-refractivity contribution in [2.45, 2.75) is 51.8 Å². The second-order valence-electron chi connectivity index (χ2n) is 7.14. The van der Waals surface area contributed by atoms with Crippen molar-refractivity contribution in [3.63, 3.8) is 0 Å². The fourth-order valence-electron chi connectivity index (χ4n) is 2.84. The molecule has 1 heterocycles. The Balaban J connectivity index is 2.19. The first kappa shape index (κ1) is 28.3. The van der Waals surface area contributed by atoms with E-state index < -0.39 is 71.9 Å². The minimum absolute atomic E-state index is 0.139. The highest BCUT2D eigenvalue weighted by Gasteiger charge is 2.49. The molecule has 0 saturated heterocycles. The molecular weight excluding hydrogens is 516 g/mol. The van der Waals surface area contributed by atoms with Crippen molar-refractivity contribution in [1.29, 1.82) is 0 Å². The van der Waals surface area contributed by atoms with Crippen molar-refractivity contribution in [1.82, 2.24) is 0 Å². The Labute approximate surface area is 197 Å². The van der Waals surface area contributed by atoms with Crippen LogP contribution in [0, 0.1) is 17.0 Å². The van der Waals surface area contributed by atoms with E-state index in [-0.39, 0.29) is 11.1 Å². The molecule has 0 bridgehead atoms. The van der Waals surface area contributed by atoms with Gasteiger partial charge in [-0.05, 0) is 37.6 Å². The van der Waals surface area contributed by atoms with Gasteiger partial charge in [0.15, 0.2) is 0 Å². The molecule has 0 aromatic heterocycles. The molecule has 2 unspecified atom stereocenters. The van der Waals surface area contributed by atoms with E-state index in [2.05, 4.69) is 23.8 Å². The summed E-state index contributed by atoms with van der Waals surface area (Å²) in [7, 11) is 0. The predicted octanol–water partition coefficient (Wildman–Crippen LogP) is 4.24. The van der Waals surface area contributed by atoms with Gasteiger partial charge < -0.3 is 28.5 Å². The van der Waals surface area contributed by atoms with Crippen LogP contribution in [0.4, 0.5) is 31.1 Å². The van der Waals surface area contributed by atoms with Gasteiger partial charge in [-0.1, -0.05) is 0 Å². The first-order chi connectivity index (χ1) is 16.5. The number of hydrogen-bond donors (Lipinski definition) is 0. The average Bonchev–Trinajstić information content (AvgIpc) is 2.68. The van der Waals surface area contributed by atoms with Crippen LogP contribution in [0.2, 0.25) is 0 Å². The topological polar surface area (TPSA) is 133 Å². The van der Waals surface area contributed by atoms with E-state index >= 15 is 0 Å². The molecule has 0 radical (unpaired) electrons. The van der Waals surface area contributed by atoms with Gasteiger partial charge in [0.05, 0.1) is 5.57 Å². The van der Waals surface area contributed by atoms with Crippen LogP contribution in [0.25, 0.3) is 6.08 Å². The zero-order valence-corrected chi connectivity index (χ0v) is 18.5. The second kappa shape index (κ2) is 10.8. The third-order valence-electron chi connectivity index (χ3n) is 4.11. The van der Waals surface area contributed by atoms with E-state index in [4.69, 9.17) is 4.74 Å². The van der Waals surface area contributed by atoms with Crippen LogP contribution in [0.15, 0.2) is 17.7 Å². The number of halogens is 6. The lowest BCUT2D eigenvalue weighted by molar-refractivity contribution is -0.767. The average molecular weight is 533 g/mol. The molecule has 0 spiro atoms. The number of fused-ring (bicyclic) bond motifs is 1. The number of hydrogen-bond acceptors (Lipinski definition) is 10. The summed E-state index contributed by atoms with van der Waals surface area (Å²) in [5, 5.41) is 9.04. The molecule has 200 valence electrons. The van der Waals surface area contributed by atoms with Crippen LogP contribution < -0.4 is 9.47 Å². The standard InChI is InChI=1S/C19H17F6NO10/c1-8-4-12(35-19(23,24)25)5-11-6-13(15(18(20,21)22)34-14(8)11)16(27)32-10(3)33-17(28)31-7-9(2)36-26(29)30/h4-6,9-10,15H,7H2,1-3H3/t9-,10?,15?/m0/s1. The van der Waals surface area contributed by atoms with Gasteiger partial charge in [0.1, 0.15) is 24.2 Å². The van der Waals surface area contributed by atoms with Gasteiger partial charge in [0, 0.05) is 12.5 Å². The van der Waals surface area contributed by atoms with Crippen LogP contribution in [0.5, 0.6) is 11.5 Å². The number of ether oxygens (including phenoxy) is 5. The Hall–Kier alpha value is -3.92. The maximum absolute atomic E-state index is 13.6. The van der Waals surface area contributed by atoms with Crippen molar-refractivity contribution in [2.75, 3.05) is 6.61 Å². The lowest BCUT2D eigenvalue weighted by Gasteiger charge is -2.29. The maximum atomic E-state index is 13.6. The van der Waals surface area contributed by atoms with Gasteiger partial charge in [0.25, 0.3) is 5.09 Å². The van der Waals surface area contributed by atoms with Crippen molar-refractivity contribution < 1.29 is 69.5 Å². The number of rotatable bonds is 8. The smallest absolute Gasteiger partial charge is 0.475 e. The number of aryl methyl sites for hydroxylation is 1. The molecule has 0 saturated carbocycles. The predicted molar refractivity (Wildman–Crippen MR) is 102 cm³/mol. The molecule has 11 nitrogen and oxygen atoms in total. The molecular formula is C19H17F6NO10. The van der Waals surface area contributed by atoms with E-state index in [0.717, 1.165) is 13.0 Å². The Morgan fingerprint density at radius 2 is 1.78 bits per heavy atom. The fourth-order valence-corrected chi connectivity index (χ4v) is 2.84. The number of esters is 1. The molecule has 0 fully saturated rings. The molecule has 1 aromatic rings. The van der Waals surface area contributed by atoms with Crippen LogP contribution in [-0.4, -0.2) is 54.9 Å². The molecule has 1 aromatic carbocycles. The Morgan fingerprint density at radius 1 is 1.14 bits per heavy atom. The third kappa shape index (κ3) is 8.09. The molecule has 2 rings (SSSR count). The van der Waals surface area contributed by atoms with Gasteiger partial charge in [-0.3, -0.25) is 0 Å². The normalized spacial score (nSPS) is 16.9. The van der Waals surface area contributed by atoms with E-state index in [1.165, 1.54) is 13.8 Å². The van der Waals surface area contributed by atoms with Crippen LogP contribution in [0.1, 0.15) is 25.0 Å². The largest absolute Gasteiger partial charge is 0.573 e. The zero-order chi connectivity index (χ0) is 27.4. The highest BCUT2D eigenvalue weighted by atomic mass is 19.4. The molecule has 17 heteroatoms. The minimum Gasteiger partial charge on any atom is -0.475 e.